The molecule has 0 bridgehead atoms. The molecule has 1 N–H and O–H groups in total. The Morgan fingerprint density at radius 1 is 1.09 bits per heavy atom. The number of thioether (sulfide) groups is 1. The molecule has 6 heteroatoms. The van der Waals surface area contributed by atoms with Crippen LogP contribution in [0.5, 0.6) is 5.75 Å². The molecule has 5 nitrogen and oxygen atoms in total. The van der Waals surface area contributed by atoms with Crippen LogP contribution < -0.4 is 10.1 Å². The Balaban J connectivity index is 1.66. The fourth-order valence-corrected chi connectivity index (χ4v) is 5.17. The van der Waals surface area contributed by atoms with E-state index in [1.54, 1.807) is 23.8 Å². The van der Waals surface area contributed by atoms with Gasteiger partial charge in [0.05, 0.1) is 12.9 Å². The molecule has 2 aromatic carbocycles. The van der Waals surface area contributed by atoms with Gasteiger partial charge in [-0.25, -0.2) is 0 Å². The minimum atomic E-state index is -0.527. The summed E-state index contributed by atoms with van der Waals surface area (Å²) in [4.78, 5) is 28.1. The molecule has 0 aromatic heterocycles. The molecule has 1 aliphatic carbocycles. The number of hydrogen-bond donors (Lipinski definition) is 1. The molecular formula is C27H36N2O3S. The predicted molar refractivity (Wildman–Crippen MR) is 135 cm³/mol. The molecular weight excluding hydrogens is 432 g/mol. The van der Waals surface area contributed by atoms with Crippen LogP contribution in [0.2, 0.25) is 0 Å². The number of carbonyl (C=O) groups excluding carboxylic acids is 2. The standard InChI is InChI=1S/C27H36N2O3S/c1-20-9-7-8-10-23(20)18-33-19-26(30)29(17-22-13-15-25(32-3)16-14-22)21(2)27(31)28-24-11-5-4-6-12-24/h7-10,13-16,21,24H,4-6,11-12,17-19H2,1-3H3,(H,28,31)/t21-/m0/s1. The molecule has 1 fully saturated rings. The van der Waals surface area contributed by atoms with Crippen molar-refractivity contribution in [1.82, 2.24) is 10.2 Å². The van der Waals surface area contributed by atoms with Crippen molar-refractivity contribution in [1.29, 1.82) is 0 Å². The van der Waals surface area contributed by atoms with E-state index in [0.29, 0.717) is 12.3 Å². The van der Waals surface area contributed by atoms with Gasteiger partial charge < -0.3 is 15.0 Å². The number of methoxy groups -OCH3 is 1. The van der Waals surface area contributed by atoms with Gasteiger partial charge >= 0.3 is 0 Å². The lowest BCUT2D eigenvalue weighted by Gasteiger charge is -2.31. The SMILES string of the molecule is COc1ccc(CN(C(=O)CSCc2ccccc2C)[C@@H](C)C(=O)NC2CCCCC2)cc1. The van der Waals surface area contributed by atoms with E-state index in [1.807, 2.05) is 43.3 Å². The highest BCUT2D eigenvalue weighted by Crippen LogP contribution is 2.21. The van der Waals surface area contributed by atoms with Crippen molar-refractivity contribution in [3.8, 4) is 5.75 Å². The van der Waals surface area contributed by atoms with Crippen LogP contribution in [0.25, 0.3) is 0 Å². The first-order valence-electron chi connectivity index (χ1n) is 11.8. The molecule has 1 atom stereocenters. The summed E-state index contributed by atoms with van der Waals surface area (Å²) in [6.07, 6.45) is 5.60. The lowest BCUT2D eigenvalue weighted by atomic mass is 9.95. The van der Waals surface area contributed by atoms with Crippen LogP contribution in [0.15, 0.2) is 48.5 Å². The third kappa shape index (κ3) is 7.53. The van der Waals surface area contributed by atoms with Crippen molar-refractivity contribution in [3.05, 3.63) is 65.2 Å². The van der Waals surface area contributed by atoms with E-state index in [2.05, 4.69) is 24.4 Å². The maximum Gasteiger partial charge on any atom is 0.242 e. The average Bonchev–Trinajstić information content (AvgIpc) is 2.84. The normalized spacial score (nSPS) is 15.0. The Morgan fingerprint density at radius 2 is 1.79 bits per heavy atom. The lowest BCUT2D eigenvalue weighted by Crippen LogP contribution is -2.50. The number of ether oxygens (including phenoxy) is 1. The molecule has 2 amide bonds. The zero-order valence-electron chi connectivity index (χ0n) is 20.0. The first-order valence-corrected chi connectivity index (χ1v) is 13.0. The quantitative estimate of drug-likeness (QED) is 0.527. The largest absolute Gasteiger partial charge is 0.497 e. The monoisotopic (exact) mass is 468 g/mol. The molecule has 2 aromatic rings. The number of aryl methyl sites for hydroxylation is 1. The van der Waals surface area contributed by atoms with Crippen LogP contribution >= 0.6 is 11.8 Å². The Kier molecular flexibility index (Phi) is 9.67. The molecule has 0 saturated heterocycles. The zero-order valence-corrected chi connectivity index (χ0v) is 20.8. The highest BCUT2D eigenvalue weighted by molar-refractivity contribution is 7.99. The van der Waals surface area contributed by atoms with Crippen LogP contribution in [0.1, 0.15) is 55.7 Å². The van der Waals surface area contributed by atoms with E-state index in [1.165, 1.54) is 17.5 Å². The van der Waals surface area contributed by atoms with Crippen LogP contribution in [0, 0.1) is 6.92 Å². The van der Waals surface area contributed by atoms with Gasteiger partial charge in [-0.3, -0.25) is 9.59 Å². The number of benzene rings is 2. The van der Waals surface area contributed by atoms with Crippen molar-refractivity contribution >= 4 is 23.6 Å². The summed E-state index contributed by atoms with van der Waals surface area (Å²) in [5.41, 5.74) is 3.44. The first kappa shape index (κ1) is 25.2. The summed E-state index contributed by atoms with van der Waals surface area (Å²) in [5, 5.41) is 3.19. The predicted octanol–water partition coefficient (Wildman–Crippen LogP) is 5.10. The maximum absolute atomic E-state index is 13.3. The summed E-state index contributed by atoms with van der Waals surface area (Å²) < 4.78 is 5.25. The minimum absolute atomic E-state index is 0.0179. The molecule has 0 aliphatic heterocycles. The number of amides is 2. The molecule has 1 aliphatic rings. The lowest BCUT2D eigenvalue weighted by molar-refractivity contribution is -0.139. The minimum Gasteiger partial charge on any atom is -0.497 e. The Hall–Kier alpha value is -2.47. The van der Waals surface area contributed by atoms with E-state index in [9.17, 15) is 9.59 Å². The molecule has 3 rings (SSSR count). The number of rotatable bonds is 10. The number of nitrogens with zero attached hydrogens (tertiary/aromatic N) is 1. The van der Waals surface area contributed by atoms with Gasteiger partial charge in [0.2, 0.25) is 11.8 Å². The van der Waals surface area contributed by atoms with Crippen molar-refractivity contribution in [2.75, 3.05) is 12.9 Å². The highest BCUT2D eigenvalue weighted by Gasteiger charge is 2.28. The molecule has 0 spiro atoms. The Bertz CT molecular complexity index is 910. The summed E-state index contributed by atoms with van der Waals surface area (Å²) in [6, 6.07) is 15.6. The Labute approximate surface area is 202 Å². The zero-order chi connectivity index (χ0) is 23.6. The molecule has 1 saturated carbocycles. The van der Waals surface area contributed by atoms with Crippen LogP contribution in [-0.4, -0.2) is 41.7 Å². The second-order valence-electron chi connectivity index (χ2n) is 8.81. The summed E-state index contributed by atoms with van der Waals surface area (Å²) in [5.74, 6) is 1.81. The fourth-order valence-electron chi connectivity index (χ4n) is 4.18. The van der Waals surface area contributed by atoms with Gasteiger partial charge in [0.15, 0.2) is 0 Å². The third-order valence-corrected chi connectivity index (χ3v) is 7.34. The first-order chi connectivity index (χ1) is 16.0. The maximum atomic E-state index is 13.3. The number of carbonyl (C=O) groups is 2. The van der Waals surface area contributed by atoms with E-state index in [0.717, 1.165) is 42.7 Å². The van der Waals surface area contributed by atoms with Gasteiger partial charge in [0, 0.05) is 18.3 Å². The van der Waals surface area contributed by atoms with Crippen LogP contribution in [0.4, 0.5) is 0 Å². The van der Waals surface area contributed by atoms with E-state index in [-0.39, 0.29) is 17.9 Å². The number of nitrogens with one attached hydrogen (secondary N) is 1. The third-order valence-electron chi connectivity index (χ3n) is 6.38. The van der Waals surface area contributed by atoms with Gasteiger partial charge in [0.1, 0.15) is 11.8 Å². The molecule has 33 heavy (non-hydrogen) atoms. The summed E-state index contributed by atoms with van der Waals surface area (Å²) in [6.45, 7) is 4.32. The van der Waals surface area contributed by atoms with Crippen LogP contribution in [-0.2, 0) is 21.9 Å². The van der Waals surface area contributed by atoms with Crippen molar-refractivity contribution in [3.63, 3.8) is 0 Å². The fraction of sp³-hybridized carbons (Fsp3) is 0.481. The summed E-state index contributed by atoms with van der Waals surface area (Å²) in [7, 11) is 1.63. The van der Waals surface area contributed by atoms with Gasteiger partial charge in [0.25, 0.3) is 0 Å². The van der Waals surface area contributed by atoms with Gasteiger partial charge in [-0.05, 0) is 55.5 Å². The van der Waals surface area contributed by atoms with Gasteiger partial charge in [-0.15, -0.1) is 11.8 Å². The van der Waals surface area contributed by atoms with Gasteiger partial charge in [-0.1, -0.05) is 55.7 Å². The second-order valence-corrected chi connectivity index (χ2v) is 9.79. The van der Waals surface area contributed by atoms with Crippen molar-refractivity contribution in [2.24, 2.45) is 0 Å². The molecule has 0 unspecified atom stereocenters. The molecule has 0 radical (unpaired) electrons. The number of hydrogen-bond acceptors (Lipinski definition) is 4. The molecule has 0 heterocycles. The Morgan fingerprint density at radius 3 is 2.45 bits per heavy atom. The second kappa shape index (κ2) is 12.7. The van der Waals surface area contributed by atoms with Crippen molar-refractivity contribution < 1.29 is 14.3 Å². The summed E-state index contributed by atoms with van der Waals surface area (Å²) >= 11 is 1.60. The molecule has 178 valence electrons. The van der Waals surface area contributed by atoms with E-state index < -0.39 is 6.04 Å². The van der Waals surface area contributed by atoms with Crippen molar-refractivity contribution in [2.45, 2.75) is 70.3 Å². The van der Waals surface area contributed by atoms with Crippen LogP contribution in [0.3, 0.4) is 0 Å². The highest BCUT2D eigenvalue weighted by atomic mass is 32.2. The van der Waals surface area contributed by atoms with E-state index in [4.69, 9.17) is 4.74 Å². The topological polar surface area (TPSA) is 58.6 Å². The average molecular weight is 469 g/mol. The smallest absolute Gasteiger partial charge is 0.242 e. The van der Waals surface area contributed by atoms with E-state index >= 15 is 0 Å². The van der Waals surface area contributed by atoms with Gasteiger partial charge in [-0.2, -0.15) is 0 Å².